The van der Waals surface area contributed by atoms with Crippen molar-refractivity contribution in [2.24, 2.45) is 5.92 Å². The summed E-state index contributed by atoms with van der Waals surface area (Å²) >= 11 is 13.7. The maximum Gasteiger partial charge on any atom is 0.233 e. The Hall–Kier alpha value is -1.50. The minimum Gasteiger partial charge on any atom is -0.352 e. The van der Waals surface area contributed by atoms with Crippen LogP contribution in [-0.4, -0.2) is 32.5 Å². The molecule has 1 amide bonds. The van der Waals surface area contributed by atoms with Crippen molar-refractivity contribution in [1.82, 2.24) is 20.1 Å². The minimum absolute atomic E-state index is 0.0694. The molecule has 0 bridgehead atoms. The minimum atomic E-state index is -0.307. The summed E-state index contributed by atoms with van der Waals surface area (Å²) in [5, 5.41) is 12.9. The summed E-state index contributed by atoms with van der Waals surface area (Å²) in [6, 6.07) is 5.29. The van der Waals surface area contributed by atoms with E-state index in [1.54, 1.807) is 18.2 Å². The van der Waals surface area contributed by atoms with Crippen molar-refractivity contribution in [3.8, 4) is 11.4 Å². The third kappa shape index (κ3) is 5.25. The third-order valence-corrected chi connectivity index (χ3v) is 5.14. The van der Waals surface area contributed by atoms with Gasteiger partial charge in [-0.15, -0.1) is 16.8 Å². The molecule has 1 N–H and O–H groups in total. The fourth-order valence-electron chi connectivity index (χ4n) is 2.30. The third-order valence-electron chi connectivity index (χ3n) is 3.51. The Morgan fingerprint density at radius 2 is 2.08 bits per heavy atom. The van der Waals surface area contributed by atoms with E-state index in [-0.39, 0.29) is 11.2 Å². The van der Waals surface area contributed by atoms with E-state index in [1.807, 2.05) is 17.6 Å². The van der Waals surface area contributed by atoms with Crippen molar-refractivity contribution < 1.29 is 4.79 Å². The Morgan fingerprint density at radius 1 is 1.35 bits per heavy atom. The normalized spacial score (nSPS) is 12.2. The van der Waals surface area contributed by atoms with Gasteiger partial charge in [-0.3, -0.25) is 4.79 Å². The van der Waals surface area contributed by atoms with Gasteiger partial charge in [-0.1, -0.05) is 54.9 Å². The van der Waals surface area contributed by atoms with Gasteiger partial charge in [0.15, 0.2) is 11.0 Å². The summed E-state index contributed by atoms with van der Waals surface area (Å²) in [5.41, 5.74) is 0.764. The quantitative estimate of drug-likeness (QED) is 0.504. The first-order valence-corrected chi connectivity index (χ1v) is 9.91. The Kier molecular flexibility index (Phi) is 7.55. The molecule has 5 nitrogen and oxygen atoms in total. The van der Waals surface area contributed by atoms with Crippen LogP contribution in [0, 0.1) is 5.92 Å². The predicted octanol–water partition coefficient (Wildman–Crippen LogP) is 4.69. The molecule has 1 atom stereocenters. The highest BCUT2D eigenvalue weighted by Gasteiger charge is 2.22. The zero-order chi connectivity index (χ0) is 19.3. The number of nitrogens with one attached hydrogen (secondary N) is 1. The molecule has 1 aromatic heterocycles. The number of hydrogen-bond acceptors (Lipinski definition) is 4. The number of hydrogen-bond donors (Lipinski definition) is 1. The molecule has 8 heteroatoms. The largest absolute Gasteiger partial charge is 0.352 e. The van der Waals surface area contributed by atoms with Crippen LogP contribution in [0.3, 0.4) is 0 Å². The molecule has 0 radical (unpaired) electrons. The monoisotopic (exact) mass is 412 g/mol. The van der Waals surface area contributed by atoms with Gasteiger partial charge in [-0.25, -0.2) is 0 Å². The lowest BCUT2D eigenvalue weighted by molar-refractivity contribution is -0.120. The van der Waals surface area contributed by atoms with E-state index in [1.165, 1.54) is 11.8 Å². The number of aromatic nitrogens is 3. The smallest absolute Gasteiger partial charge is 0.233 e. The highest BCUT2D eigenvalue weighted by molar-refractivity contribution is 8.00. The summed E-state index contributed by atoms with van der Waals surface area (Å²) in [7, 11) is 0. The van der Waals surface area contributed by atoms with Crippen molar-refractivity contribution >= 4 is 40.9 Å². The summed E-state index contributed by atoms with van der Waals surface area (Å²) in [4.78, 5) is 12.1. The first-order chi connectivity index (χ1) is 12.3. The average molecular weight is 413 g/mol. The second-order valence-corrected chi connectivity index (χ2v) is 8.38. The van der Waals surface area contributed by atoms with E-state index in [4.69, 9.17) is 23.2 Å². The topological polar surface area (TPSA) is 59.8 Å². The Morgan fingerprint density at radius 3 is 2.69 bits per heavy atom. The first kappa shape index (κ1) is 20.8. The van der Waals surface area contributed by atoms with Crippen molar-refractivity contribution in [2.45, 2.75) is 37.7 Å². The molecular formula is C18H22Cl2N4OS. The van der Waals surface area contributed by atoms with Crippen LogP contribution in [0.2, 0.25) is 10.0 Å². The van der Waals surface area contributed by atoms with Gasteiger partial charge in [-0.2, -0.15) is 0 Å². The average Bonchev–Trinajstić information content (AvgIpc) is 2.94. The van der Waals surface area contributed by atoms with Gasteiger partial charge in [-0.05, 0) is 31.0 Å². The van der Waals surface area contributed by atoms with Crippen LogP contribution in [0.5, 0.6) is 0 Å². The molecule has 0 fully saturated rings. The highest BCUT2D eigenvalue weighted by Crippen LogP contribution is 2.33. The van der Waals surface area contributed by atoms with Crippen LogP contribution < -0.4 is 5.32 Å². The molecule has 0 spiro atoms. The molecule has 0 saturated heterocycles. The van der Waals surface area contributed by atoms with E-state index in [9.17, 15) is 4.79 Å². The number of nitrogens with zero attached hydrogens (tertiary/aromatic N) is 3. The Labute approximate surface area is 168 Å². The molecule has 2 rings (SSSR count). The lowest BCUT2D eigenvalue weighted by Crippen LogP contribution is -2.31. The van der Waals surface area contributed by atoms with Crippen molar-refractivity contribution in [3.05, 3.63) is 40.9 Å². The molecule has 0 aliphatic rings. The van der Waals surface area contributed by atoms with Gasteiger partial charge in [0.25, 0.3) is 0 Å². The number of amides is 1. The van der Waals surface area contributed by atoms with Gasteiger partial charge in [0, 0.05) is 23.7 Å². The number of halogens is 2. The van der Waals surface area contributed by atoms with Crippen LogP contribution in [0.1, 0.15) is 20.8 Å². The standard InChI is InChI=1S/C18H22Cl2N4OS/c1-5-8-21-17(25)12(4)26-18-23-22-16(24(18)10-11(2)3)14-7-6-13(19)9-15(14)20/h5-7,9,11-12H,1,8,10H2,2-4H3,(H,21,25)/t12-/m0/s1. The zero-order valence-electron chi connectivity index (χ0n) is 15.0. The Balaban J connectivity index is 2.34. The van der Waals surface area contributed by atoms with Gasteiger partial charge >= 0.3 is 0 Å². The molecule has 0 aliphatic heterocycles. The van der Waals surface area contributed by atoms with Crippen LogP contribution >= 0.6 is 35.0 Å². The van der Waals surface area contributed by atoms with Crippen molar-refractivity contribution in [1.29, 1.82) is 0 Å². The van der Waals surface area contributed by atoms with Gasteiger partial charge in [0.2, 0.25) is 5.91 Å². The second-order valence-electron chi connectivity index (χ2n) is 6.23. The molecule has 1 aromatic carbocycles. The van der Waals surface area contributed by atoms with E-state index in [0.29, 0.717) is 40.0 Å². The summed E-state index contributed by atoms with van der Waals surface area (Å²) in [6.45, 7) is 10.8. The number of thioether (sulfide) groups is 1. The Bertz CT molecular complexity index is 791. The molecule has 0 aliphatic carbocycles. The molecule has 0 saturated carbocycles. The molecule has 2 aromatic rings. The van der Waals surface area contributed by atoms with E-state index < -0.39 is 0 Å². The first-order valence-electron chi connectivity index (χ1n) is 8.27. The van der Waals surface area contributed by atoms with Gasteiger partial charge < -0.3 is 9.88 Å². The summed E-state index contributed by atoms with van der Waals surface area (Å²) in [6.07, 6.45) is 1.65. The summed E-state index contributed by atoms with van der Waals surface area (Å²) < 4.78 is 2.00. The van der Waals surface area contributed by atoms with E-state index >= 15 is 0 Å². The number of carbonyl (C=O) groups is 1. The number of benzene rings is 1. The van der Waals surface area contributed by atoms with Crippen LogP contribution in [0.25, 0.3) is 11.4 Å². The number of carbonyl (C=O) groups excluding carboxylic acids is 1. The zero-order valence-corrected chi connectivity index (χ0v) is 17.3. The lowest BCUT2D eigenvalue weighted by atomic mass is 10.2. The van der Waals surface area contributed by atoms with Crippen LogP contribution in [0.4, 0.5) is 0 Å². The number of rotatable bonds is 8. The van der Waals surface area contributed by atoms with E-state index in [2.05, 4.69) is 35.9 Å². The van der Waals surface area contributed by atoms with Crippen LogP contribution in [0.15, 0.2) is 36.0 Å². The lowest BCUT2D eigenvalue weighted by Gasteiger charge is -2.15. The molecule has 140 valence electrons. The fraction of sp³-hybridized carbons (Fsp3) is 0.389. The highest BCUT2D eigenvalue weighted by atomic mass is 35.5. The predicted molar refractivity (Wildman–Crippen MR) is 109 cm³/mol. The van der Waals surface area contributed by atoms with E-state index in [0.717, 1.165) is 5.56 Å². The van der Waals surface area contributed by atoms with Crippen molar-refractivity contribution in [2.75, 3.05) is 6.54 Å². The molecule has 26 heavy (non-hydrogen) atoms. The molecule has 0 unspecified atom stereocenters. The van der Waals surface area contributed by atoms with Crippen LogP contribution in [-0.2, 0) is 11.3 Å². The van der Waals surface area contributed by atoms with Gasteiger partial charge in [0.1, 0.15) is 0 Å². The maximum absolute atomic E-state index is 12.1. The van der Waals surface area contributed by atoms with Crippen molar-refractivity contribution in [3.63, 3.8) is 0 Å². The fourth-order valence-corrected chi connectivity index (χ4v) is 3.68. The van der Waals surface area contributed by atoms with Gasteiger partial charge in [0.05, 0.1) is 10.3 Å². The SMILES string of the molecule is C=CCNC(=O)[C@H](C)Sc1nnc(-c2ccc(Cl)cc2Cl)n1CC(C)C. The maximum atomic E-state index is 12.1. The molecule has 1 heterocycles. The summed E-state index contributed by atoms with van der Waals surface area (Å²) in [5.74, 6) is 0.974. The molecular weight excluding hydrogens is 391 g/mol. The second kappa shape index (κ2) is 9.44.